The molecule has 1 aliphatic heterocycles. The molecule has 1 saturated heterocycles. The number of ether oxygens (including phenoxy) is 1. The summed E-state index contributed by atoms with van der Waals surface area (Å²) in [6.07, 6.45) is 0. The zero-order valence-corrected chi connectivity index (χ0v) is 16.9. The number of hydrogen-bond donors (Lipinski definition) is 0. The zero-order valence-electron chi connectivity index (χ0n) is 15.3. The third kappa shape index (κ3) is 3.81. The largest absolute Gasteiger partial charge is 0.497 e. The van der Waals surface area contributed by atoms with E-state index in [2.05, 4.69) is 14.5 Å². The molecule has 0 aliphatic carbocycles. The Bertz CT molecular complexity index is 968. The molecule has 0 spiro atoms. The number of anilines is 1. The molecular weight excluding hydrogens is 396 g/mol. The number of rotatable bonds is 4. The van der Waals surface area contributed by atoms with E-state index >= 15 is 0 Å². The summed E-state index contributed by atoms with van der Waals surface area (Å²) in [6.45, 7) is 2.81. The Kier molecular flexibility index (Phi) is 5.45. The molecular formula is C20H19ClN4O2S. The van der Waals surface area contributed by atoms with Crippen molar-refractivity contribution in [2.45, 2.75) is 0 Å². The van der Waals surface area contributed by atoms with Crippen molar-refractivity contribution in [2.75, 3.05) is 38.2 Å². The monoisotopic (exact) mass is 414 g/mol. The number of benzene rings is 2. The molecule has 0 unspecified atom stereocenters. The summed E-state index contributed by atoms with van der Waals surface area (Å²) in [7, 11) is 1.62. The molecule has 144 valence electrons. The Labute approximate surface area is 172 Å². The summed E-state index contributed by atoms with van der Waals surface area (Å²) in [4.78, 5) is 17.7. The minimum Gasteiger partial charge on any atom is -0.497 e. The SMILES string of the molecule is COc1ccc(-c2nnsc2C(=O)N2CCN(c3cccc(Cl)c3)CC2)cc1. The van der Waals surface area contributed by atoms with E-state index in [1.54, 1.807) is 7.11 Å². The highest BCUT2D eigenvalue weighted by Crippen LogP contribution is 2.28. The lowest BCUT2D eigenvalue weighted by molar-refractivity contribution is 0.0752. The van der Waals surface area contributed by atoms with Gasteiger partial charge in [-0.15, -0.1) is 5.10 Å². The summed E-state index contributed by atoms with van der Waals surface area (Å²) in [5, 5.41) is 4.90. The van der Waals surface area contributed by atoms with Crippen molar-refractivity contribution >= 4 is 34.7 Å². The van der Waals surface area contributed by atoms with E-state index < -0.39 is 0 Å². The first-order valence-corrected chi connectivity index (χ1v) is 10.1. The average Bonchev–Trinajstić information content (AvgIpc) is 3.23. The van der Waals surface area contributed by atoms with Crippen LogP contribution in [0.15, 0.2) is 48.5 Å². The number of hydrogen-bond acceptors (Lipinski definition) is 6. The van der Waals surface area contributed by atoms with E-state index in [9.17, 15) is 4.79 Å². The molecule has 0 atom stereocenters. The van der Waals surface area contributed by atoms with Crippen LogP contribution in [0, 0.1) is 0 Å². The Morgan fingerprint density at radius 1 is 1.11 bits per heavy atom. The van der Waals surface area contributed by atoms with Gasteiger partial charge in [0.1, 0.15) is 16.3 Å². The van der Waals surface area contributed by atoms with Gasteiger partial charge in [0.25, 0.3) is 5.91 Å². The standard InChI is InChI=1S/C20H19ClN4O2S/c1-27-17-7-5-14(6-8-17)18-19(28-23-22-18)20(26)25-11-9-24(10-12-25)16-4-2-3-15(21)13-16/h2-8,13H,9-12H2,1H3. The molecule has 1 amide bonds. The molecule has 2 aromatic carbocycles. The highest BCUT2D eigenvalue weighted by atomic mass is 35.5. The number of aromatic nitrogens is 2. The fourth-order valence-corrected chi connectivity index (χ4v) is 4.09. The van der Waals surface area contributed by atoms with E-state index in [0.29, 0.717) is 23.7 Å². The van der Waals surface area contributed by atoms with Crippen LogP contribution in [0.4, 0.5) is 5.69 Å². The number of carbonyl (C=O) groups is 1. The van der Waals surface area contributed by atoms with Crippen molar-refractivity contribution in [3.8, 4) is 17.0 Å². The van der Waals surface area contributed by atoms with Crippen LogP contribution in [0.1, 0.15) is 9.67 Å². The van der Waals surface area contributed by atoms with Gasteiger partial charge in [0.2, 0.25) is 0 Å². The third-order valence-electron chi connectivity index (χ3n) is 4.79. The topological polar surface area (TPSA) is 58.6 Å². The Balaban J connectivity index is 1.47. The minimum absolute atomic E-state index is 0.0217. The third-order valence-corrected chi connectivity index (χ3v) is 5.73. The van der Waals surface area contributed by atoms with Crippen LogP contribution in [0.5, 0.6) is 5.75 Å². The predicted octanol–water partition coefficient (Wildman–Crippen LogP) is 3.83. The van der Waals surface area contributed by atoms with Crippen LogP contribution in [0.3, 0.4) is 0 Å². The van der Waals surface area contributed by atoms with Crippen molar-refractivity contribution in [3.63, 3.8) is 0 Å². The van der Waals surface area contributed by atoms with Gasteiger partial charge in [0, 0.05) is 42.5 Å². The summed E-state index contributed by atoms with van der Waals surface area (Å²) in [5.74, 6) is 0.739. The molecule has 8 heteroatoms. The fourth-order valence-electron chi connectivity index (χ4n) is 3.25. The number of carbonyl (C=O) groups excluding carboxylic acids is 1. The smallest absolute Gasteiger partial charge is 0.268 e. The predicted molar refractivity (Wildman–Crippen MR) is 111 cm³/mol. The van der Waals surface area contributed by atoms with Gasteiger partial charge >= 0.3 is 0 Å². The molecule has 3 aromatic rings. The zero-order chi connectivity index (χ0) is 19.5. The van der Waals surface area contributed by atoms with E-state index in [1.807, 2.05) is 53.4 Å². The Morgan fingerprint density at radius 3 is 2.54 bits per heavy atom. The van der Waals surface area contributed by atoms with Gasteiger partial charge in [-0.3, -0.25) is 4.79 Å². The first-order valence-electron chi connectivity index (χ1n) is 8.92. The van der Waals surface area contributed by atoms with Crippen LogP contribution in [0.25, 0.3) is 11.3 Å². The summed E-state index contributed by atoms with van der Waals surface area (Å²) >= 11 is 7.23. The number of piperazine rings is 1. The highest BCUT2D eigenvalue weighted by Gasteiger charge is 2.26. The maximum atomic E-state index is 13.1. The maximum absolute atomic E-state index is 13.1. The van der Waals surface area contributed by atoms with Gasteiger partial charge in [-0.05, 0) is 54.0 Å². The molecule has 2 heterocycles. The van der Waals surface area contributed by atoms with Crippen LogP contribution in [-0.2, 0) is 0 Å². The van der Waals surface area contributed by atoms with E-state index in [-0.39, 0.29) is 5.91 Å². The summed E-state index contributed by atoms with van der Waals surface area (Å²) in [5.41, 5.74) is 2.56. The van der Waals surface area contributed by atoms with Gasteiger partial charge < -0.3 is 14.5 Å². The minimum atomic E-state index is -0.0217. The first-order chi connectivity index (χ1) is 13.7. The fraction of sp³-hybridized carbons (Fsp3) is 0.250. The molecule has 1 aliphatic rings. The van der Waals surface area contributed by atoms with Crippen molar-refractivity contribution < 1.29 is 9.53 Å². The van der Waals surface area contributed by atoms with Crippen molar-refractivity contribution in [3.05, 3.63) is 58.4 Å². The van der Waals surface area contributed by atoms with Crippen LogP contribution in [0.2, 0.25) is 5.02 Å². The first kappa shape index (κ1) is 18.7. The molecule has 4 rings (SSSR count). The summed E-state index contributed by atoms with van der Waals surface area (Å²) < 4.78 is 9.21. The van der Waals surface area contributed by atoms with Gasteiger partial charge in [0.15, 0.2) is 0 Å². The Morgan fingerprint density at radius 2 is 1.86 bits per heavy atom. The molecule has 0 bridgehead atoms. The van der Waals surface area contributed by atoms with Gasteiger partial charge in [-0.25, -0.2) is 0 Å². The number of halogens is 1. The quantitative estimate of drug-likeness (QED) is 0.649. The highest BCUT2D eigenvalue weighted by molar-refractivity contribution is 7.08. The van der Waals surface area contributed by atoms with Crippen molar-refractivity contribution in [2.24, 2.45) is 0 Å². The number of amides is 1. The van der Waals surface area contributed by atoms with Gasteiger partial charge in [0.05, 0.1) is 7.11 Å². The number of nitrogens with zero attached hydrogens (tertiary/aromatic N) is 4. The lowest BCUT2D eigenvalue weighted by Gasteiger charge is -2.36. The van der Waals surface area contributed by atoms with Crippen molar-refractivity contribution in [1.82, 2.24) is 14.5 Å². The van der Waals surface area contributed by atoms with Gasteiger partial charge in [-0.2, -0.15) is 0 Å². The maximum Gasteiger partial charge on any atom is 0.268 e. The molecule has 0 N–H and O–H groups in total. The second-order valence-corrected chi connectivity index (χ2v) is 7.63. The van der Waals surface area contributed by atoms with Crippen LogP contribution in [-0.4, -0.2) is 53.7 Å². The van der Waals surface area contributed by atoms with E-state index in [0.717, 1.165) is 46.6 Å². The lowest BCUT2D eigenvalue weighted by Crippen LogP contribution is -2.48. The van der Waals surface area contributed by atoms with Crippen LogP contribution < -0.4 is 9.64 Å². The van der Waals surface area contributed by atoms with E-state index in [1.165, 1.54) is 0 Å². The Hall–Kier alpha value is -2.64. The molecule has 0 radical (unpaired) electrons. The van der Waals surface area contributed by atoms with E-state index in [4.69, 9.17) is 16.3 Å². The number of methoxy groups -OCH3 is 1. The second-order valence-electron chi connectivity index (χ2n) is 6.44. The normalized spacial score (nSPS) is 14.2. The molecule has 1 aromatic heterocycles. The lowest BCUT2D eigenvalue weighted by atomic mass is 10.1. The molecule has 6 nitrogen and oxygen atoms in total. The molecule has 28 heavy (non-hydrogen) atoms. The van der Waals surface area contributed by atoms with Crippen LogP contribution >= 0.6 is 23.1 Å². The second kappa shape index (κ2) is 8.16. The summed E-state index contributed by atoms with van der Waals surface area (Å²) in [6, 6.07) is 15.3. The molecule has 1 fully saturated rings. The van der Waals surface area contributed by atoms with Crippen molar-refractivity contribution in [1.29, 1.82) is 0 Å². The average molecular weight is 415 g/mol. The molecule has 0 saturated carbocycles. The van der Waals surface area contributed by atoms with Gasteiger partial charge in [-0.1, -0.05) is 22.2 Å².